The van der Waals surface area contributed by atoms with E-state index in [2.05, 4.69) is 24.1 Å². The van der Waals surface area contributed by atoms with E-state index in [1.165, 1.54) is 45.3 Å². The summed E-state index contributed by atoms with van der Waals surface area (Å²) in [6, 6.07) is 1.69. The Bertz CT molecular complexity index is 175. The topological polar surface area (TPSA) is 15.3 Å². The van der Waals surface area contributed by atoms with E-state index in [9.17, 15) is 0 Å². The van der Waals surface area contributed by atoms with Gasteiger partial charge in [-0.1, -0.05) is 13.8 Å². The third-order valence-corrected chi connectivity index (χ3v) is 4.08. The molecule has 82 valence electrons. The van der Waals surface area contributed by atoms with Gasteiger partial charge >= 0.3 is 0 Å². The van der Waals surface area contributed by atoms with E-state index in [4.69, 9.17) is 0 Å². The van der Waals surface area contributed by atoms with Gasteiger partial charge in [0.2, 0.25) is 0 Å². The lowest BCUT2D eigenvalue weighted by atomic mass is 9.98. The molecule has 2 aliphatic heterocycles. The predicted octanol–water partition coefficient (Wildman–Crippen LogP) is 1.86. The number of piperidine rings is 1. The zero-order valence-electron chi connectivity index (χ0n) is 9.63. The van der Waals surface area contributed by atoms with Crippen LogP contribution in [-0.4, -0.2) is 36.6 Å². The molecule has 3 atom stereocenters. The van der Waals surface area contributed by atoms with Crippen LogP contribution < -0.4 is 5.32 Å². The first kappa shape index (κ1) is 10.4. The zero-order chi connectivity index (χ0) is 9.97. The van der Waals surface area contributed by atoms with Crippen LogP contribution in [0.4, 0.5) is 0 Å². The molecule has 2 heterocycles. The Kier molecular flexibility index (Phi) is 3.45. The molecule has 0 bridgehead atoms. The van der Waals surface area contributed by atoms with Crippen LogP contribution in [-0.2, 0) is 0 Å². The Labute approximate surface area is 88.1 Å². The Morgan fingerprint density at radius 1 is 1.36 bits per heavy atom. The molecule has 2 heteroatoms. The van der Waals surface area contributed by atoms with E-state index < -0.39 is 0 Å². The zero-order valence-corrected chi connectivity index (χ0v) is 9.63. The average Bonchev–Trinajstić information content (AvgIpc) is 2.61. The molecule has 1 N–H and O–H groups in total. The Hall–Kier alpha value is -0.0800. The maximum Gasteiger partial charge on any atom is 0.0224 e. The molecule has 2 fully saturated rings. The van der Waals surface area contributed by atoms with Gasteiger partial charge in [0, 0.05) is 18.6 Å². The number of likely N-dealkylation sites (tertiary alicyclic amines) is 1. The normalized spacial score (nSPS) is 40.3. The summed E-state index contributed by atoms with van der Waals surface area (Å²) in [4.78, 5) is 2.77. The first-order valence-electron chi connectivity index (χ1n) is 6.29. The van der Waals surface area contributed by atoms with Crippen molar-refractivity contribution < 1.29 is 0 Å². The predicted molar refractivity (Wildman–Crippen MR) is 60.5 cm³/mol. The minimum atomic E-state index is 0.832. The third-order valence-electron chi connectivity index (χ3n) is 4.08. The largest absolute Gasteiger partial charge is 0.315 e. The van der Waals surface area contributed by atoms with Gasteiger partial charge < -0.3 is 5.32 Å². The highest BCUT2D eigenvalue weighted by Crippen LogP contribution is 2.29. The molecular weight excluding hydrogens is 172 g/mol. The molecule has 3 unspecified atom stereocenters. The molecule has 0 aliphatic carbocycles. The van der Waals surface area contributed by atoms with E-state index in [1.54, 1.807) is 0 Å². The maximum absolute atomic E-state index is 3.53. The van der Waals surface area contributed by atoms with Crippen LogP contribution in [0.2, 0.25) is 0 Å². The number of hydrogen-bond acceptors (Lipinski definition) is 2. The van der Waals surface area contributed by atoms with Crippen molar-refractivity contribution in [3.63, 3.8) is 0 Å². The van der Waals surface area contributed by atoms with Gasteiger partial charge in [0.15, 0.2) is 0 Å². The van der Waals surface area contributed by atoms with Crippen molar-refractivity contribution in [1.29, 1.82) is 0 Å². The number of nitrogens with one attached hydrogen (secondary N) is 1. The summed E-state index contributed by atoms with van der Waals surface area (Å²) in [5, 5.41) is 3.53. The molecule has 2 saturated heterocycles. The Morgan fingerprint density at radius 3 is 2.86 bits per heavy atom. The van der Waals surface area contributed by atoms with Crippen molar-refractivity contribution in [2.75, 3.05) is 19.6 Å². The molecule has 0 radical (unpaired) electrons. The lowest BCUT2D eigenvalue weighted by molar-refractivity contribution is 0.136. The molecule has 0 aromatic rings. The van der Waals surface area contributed by atoms with Crippen molar-refractivity contribution in [2.24, 2.45) is 5.92 Å². The van der Waals surface area contributed by atoms with Crippen LogP contribution in [0.1, 0.15) is 39.5 Å². The van der Waals surface area contributed by atoms with Crippen molar-refractivity contribution in [1.82, 2.24) is 10.2 Å². The van der Waals surface area contributed by atoms with Crippen LogP contribution in [0.5, 0.6) is 0 Å². The molecule has 0 aromatic heterocycles. The molecule has 0 amide bonds. The molecule has 2 rings (SSSR count). The monoisotopic (exact) mass is 196 g/mol. The van der Waals surface area contributed by atoms with Crippen LogP contribution in [0, 0.1) is 5.92 Å². The number of hydrogen-bond donors (Lipinski definition) is 1. The lowest BCUT2D eigenvalue weighted by Gasteiger charge is -2.36. The molecule has 0 saturated carbocycles. The smallest absolute Gasteiger partial charge is 0.0224 e. The van der Waals surface area contributed by atoms with Gasteiger partial charge in [-0.3, -0.25) is 4.90 Å². The quantitative estimate of drug-likeness (QED) is 0.725. The summed E-state index contributed by atoms with van der Waals surface area (Å²) in [7, 11) is 0. The fourth-order valence-corrected chi connectivity index (χ4v) is 3.24. The van der Waals surface area contributed by atoms with Crippen LogP contribution in [0.3, 0.4) is 0 Å². The van der Waals surface area contributed by atoms with Gasteiger partial charge in [0.1, 0.15) is 0 Å². The van der Waals surface area contributed by atoms with Gasteiger partial charge in [-0.2, -0.15) is 0 Å². The Morgan fingerprint density at radius 2 is 2.21 bits per heavy atom. The highest BCUT2D eigenvalue weighted by molar-refractivity contribution is 4.90. The summed E-state index contributed by atoms with van der Waals surface area (Å²) in [6.45, 7) is 8.56. The number of nitrogens with zero attached hydrogens (tertiary/aromatic N) is 1. The molecule has 2 nitrogen and oxygen atoms in total. The summed E-state index contributed by atoms with van der Waals surface area (Å²) < 4.78 is 0. The van der Waals surface area contributed by atoms with Gasteiger partial charge in [-0.25, -0.2) is 0 Å². The van der Waals surface area contributed by atoms with E-state index in [0.29, 0.717) is 0 Å². The fourth-order valence-electron chi connectivity index (χ4n) is 3.24. The van der Waals surface area contributed by atoms with Crippen molar-refractivity contribution >= 4 is 0 Å². The molecule has 14 heavy (non-hydrogen) atoms. The average molecular weight is 196 g/mol. The van der Waals surface area contributed by atoms with E-state index in [1.807, 2.05) is 0 Å². The van der Waals surface area contributed by atoms with Crippen LogP contribution in [0.25, 0.3) is 0 Å². The van der Waals surface area contributed by atoms with E-state index in [0.717, 1.165) is 18.0 Å². The third kappa shape index (κ3) is 1.96. The summed E-state index contributed by atoms with van der Waals surface area (Å²) in [5.74, 6) is 0.918. The second-order valence-corrected chi connectivity index (χ2v) is 4.98. The molecule has 0 spiro atoms. The van der Waals surface area contributed by atoms with Crippen molar-refractivity contribution in [3.8, 4) is 0 Å². The minimum Gasteiger partial charge on any atom is -0.315 e. The summed E-state index contributed by atoms with van der Waals surface area (Å²) in [5.41, 5.74) is 0. The summed E-state index contributed by atoms with van der Waals surface area (Å²) in [6.07, 6.45) is 5.52. The van der Waals surface area contributed by atoms with Gasteiger partial charge in [0.05, 0.1) is 0 Å². The van der Waals surface area contributed by atoms with Gasteiger partial charge in [-0.05, 0) is 44.7 Å². The first-order valence-corrected chi connectivity index (χ1v) is 6.29. The molecule has 0 aromatic carbocycles. The summed E-state index contributed by atoms with van der Waals surface area (Å²) >= 11 is 0. The second kappa shape index (κ2) is 4.63. The van der Waals surface area contributed by atoms with Gasteiger partial charge in [0.25, 0.3) is 0 Å². The molecular formula is C12H24N2. The second-order valence-electron chi connectivity index (χ2n) is 4.98. The number of rotatable bonds is 2. The van der Waals surface area contributed by atoms with Gasteiger partial charge in [-0.15, -0.1) is 0 Å². The molecule has 2 aliphatic rings. The fraction of sp³-hybridized carbons (Fsp3) is 1.00. The van der Waals surface area contributed by atoms with Crippen molar-refractivity contribution in [2.45, 2.75) is 51.6 Å². The van der Waals surface area contributed by atoms with Crippen LogP contribution >= 0.6 is 0 Å². The van der Waals surface area contributed by atoms with Crippen LogP contribution in [0.15, 0.2) is 0 Å². The van der Waals surface area contributed by atoms with Crippen molar-refractivity contribution in [3.05, 3.63) is 0 Å². The highest BCUT2D eigenvalue weighted by atomic mass is 15.2. The SMILES string of the molecule is CCC1C(C)CCN1C1CCCNC1. The minimum absolute atomic E-state index is 0.832. The lowest BCUT2D eigenvalue weighted by Crippen LogP contribution is -2.48. The maximum atomic E-state index is 3.53. The standard InChI is InChI=1S/C12H24N2/c1-3-12-10(2)6-8-14(12)11-5-4-7-13-9-11/h10-13H,3-9H2,1-2H3. The Balaban J connectivity index is 1.95. The highest BCUT2D eigenvalue weighted by Gasteiger charge is 2.34. The van der Waals surface area contributed by atoms with E-state index in [-0.39, 0.29) is 0 Å². The van der Waals surface area contributed by atoms with E-state index >= 15 is 0 Å². The first-order chi connectivity index (χ1) is 6.83.